The lowest BCUT2D eigenvalue weighted by Crippen LogP contribution is -2.37. The molecule has 0 spiro atoms. The number of guanidine groups is 1. The van der Waals surface area contributed by atoms with Crippen LogP contribution in [0.1, 0.15) is 34.0 Å². The van der Waals surface area contributed by atoms with Gasteiger partial charge in [0.15, 0.2) is 5.96 Å². The molecular weight excluding hydrogens is 527 g/mol. The summed E-state index contributed by atoms with van der Waals surface area (Å²) >= 11 is 0. The van der Waals surface area contributed by atoms with Crippen molar-refractivity contribution >= 4 is 35.8 Å². The van der Waals surface area contributed by atoms with Crippen molar-refractivity contribution in [3.05, 3.63) is 70.5 Å². The molecule has 2 rings (SSSR count). The third-order valence-electron chi connectivity index (χ3n) is 4.19. The number of rotatable bonds is 6. The Labute approximate surface area is 195 Å². The van der Waals surface area contributed by atoms with Crippen molar-refractivity contribution in [3.8, 4) is 0 Å². The van der Waals surface area contributed by atoms with Crippen LogP contribution >= 0.6 is 24.0 Å². The first-order valence-corrected chi connectivity index (χ1v) is 9.30. The molecule has 2 aromatic rings. The molecule has 0 heterocycles. The molecule has 2 N–H and O–H groups in total. The Balaban J connectivity index is 0.00000480. The van der Waals surface area contributed by atoms with E-state index in [1.165, 1.54) is 4.90 Å². The van der Waals surface area contributed by atoms with E-state index in [9.17, 15) is 22.4 Å². The van der Waals surface area contributed by atoms with Gasteiger partial charge in [0.05, 0.1) is 12.1 Å². The van der Waals surface area contributed by atoms with Crippen LogP contribution in [0.25, 0.3) is 0 Å². The van der Waals surface area contributed by atoms with Crippen LogP contribution in [0.15, 0.2) is 47.5 Å². The number of hydrogen-bond acceptors (Lipinski definition) is 2. The lowest BCUT2D eigenvalue weighted by Gasteiger charge is -2.16. The average Bonchev–Trinajstić information content (AvgIpc) is 2.69. The second kappa shape index (κ2) is 11.9. The minimum absolute atomic E-state index is 0. The highest BCUT2D eigenvalue weighted by atomic mass is 127. The molecule has 1 amide bonds. The maximum atomic E-state index is 13.2. The Morgan fingerprint density at radius 1 is 1.06 bits per heavy atom. The van der Waals surface area contributed by atoms with Crippen LogP contribution in [0, 0.1) is 5.82 Å². The molecular formula is C21H25F4IN4O. The first kappa shape index (κ1) is 26.7. The number of carbonyl (C=O) groups is 1. The van der Waals surface area contributed by atoms with Crippen LogP contribution in [-0.2, 0) is 19.3 Å². The molecule has 0 saturated carbocycles. The molecule has 31 heavy (non-hydrogen) atoms. The van der Waals surface area contributed by atoms with Gasteiger partial charge in [0.1, 0.15) is 5.82 Å². The van der Waals surface area contributed by atoms with E-state index in [1.54, 1.807) is 38.4 Å². The predicted octanol–water partition coefficient (Wildman–Crippen LogP) is 4.42. The summed E-state index contributed by atoms with van der Waals surface area (Å²) in [6.45, 7) is 2.44. The summed E-state index contributed by atoms with van der Waals surface area (Å²) in [4.78, 5) is 17.8. The van der Waals surface area contributed by atoms with Crippen LogP contribution in [0.5, 0.6) is 0 Å². The standard InChI is InChI=1S/C21H24F4N4O.HI/c1-4-26-20(27-12-14-5-7-15(8-6-14)19(30)29(2)3)28-13-16-9-10-17(22)11-18(16)21(23,24)25;/h5-11H,4,12-13H2,1-3H3,(H2,26,27,28);1H. The zero-order valence-corrected chi connectivity index (χ0v) is 19.7. The number of nitrogens with zero attached hydrogens (tertiary/aromatic N) is 2. The molecule has 0 aliphatic carbocycles. The van der Waals surface area contributed by atoms with Crippen molar-refractivity contribution in [2.24, 2.45) is 4.99 Å². The lowest BCUT2D eigenvalue weighted by atomic mass is 10.1. The number of carbonyl (C=O) groups excluding carboxylic acids is 1. The summed E-state index contributed by atoms with van der Waals surface area (Å²) in [5.74, 6) is -0.730. The summed E-state index contributed by atoms with van der Waals surface area (Å²) in [7, 11) is 3.33. The predicted molar refractivity (Wildman–Crippen MR) is 123 cm³/mol. The van der Waals surface area contributed by atoms with Crippen LogP contribution in [-0.4, -0.2) is 37.4 Å². The van der Waals surface area contributed by atoms with Crippen molar-refractivity contribution in [2.75, 3.05) is 20.6 Å². The second-order valence-corrected chi connectivity index (χ2v) is 6.74. The van der Waals surface area contributed by atoms with E-state index in [-0.39, 0.29) is 48.5 Å². The highest BCUT2D eigenvalue weighted by Gasteiger charge is 2.33. The van der Waals surface area contributed by atoms with Crippen LogP contribution in [0.3, 0.4) is 0 Å². The van der Waals surface area contributed by atoms with Crippen LogP contribution < -0.4 is 10.6 Å². The Bertz CT molecular complexity index is 899. The van der Waals surface area contributed by atoms with E-state index in [2.05, 4.69) is 15.6 Å². The third-order valence-corrected chi connectivity index (χ3v) is 4.19. The number of benzene rings is 2. The topological polar surface area (TPSA) is 56.7 Å². The van der Waals surface area contributed by atoms with Gasteiger partial charge >= 0.3 is 6.18 Å². The van der Waals surface area contributed by atoms with E-state index < -0.39 is 17.6 Å². The number of aliphatic imine (C=N–C) groups is 1. The molecule has 0 unspecified atom stereocenters. The number of alkyl halides is 3. The minimum atomic E-state index is -4.65. The number of nitrogens with one attached hydrogen (secondary N) is 2. The Kier molecular flexibility index (Phi) is 10.2. The van der Waals surface area contributed by atoms with Crippen LogP contribution in [0.2, 0.25) is 0 Å². The van der Waals surface area contributed by atoms with Crippen molar-refractivity contribution in [3.63, 3.8) is 0 Å². The summed E-state index contributed by atoms with van der Waals surface area (Å²) in [5.41, 5.74) is 0.280. The zero-order valence-electron chi connectivity index (χ0n) is 17.4. The molecule has 0 radical (unpaired) electrons. The number of halogens is 5. The van der Waals surface area contributed by atoms with Crippen molar-refractivity contribution in [2.45, 2.75) is 26.2 Å². The quantitative estimate of drug-likeness (QED) is 0.242. The maximum Gasteiger partial charge on any atom is 0.416 e. The Morgan fingerprint density at radius 2 is 1.71 bits per heavy atom. The fourth-order valence-electron chi connectivity index (χ4n) is 2.67. The van der Waals surface area contributed by atoms with Gasteiger partial charge in [-0.2, -0.15) is 13.2 Å². The fourth-order valence-corrected chi connectivity index (χ4v) is 2.67. The van der Waals surface area contributed by atoms with Gasteiger partial charge in [-0.05, 0) is 42.3 Å². The molecule has 0 saturated heterocycles. The fraction of sp³-hybridized carbons (Fsp3) is 0.333. The van der Waals surface area contributed by atoms with Crippen molar-refractivity contribution in [1.82, 2.24) is 15.5 Å². The lowest BCUT2D eigenvalue weighted by molar-refractivity contribution is -0.138. The molecule has 5 nitrogen and oxygen atoms in total. The first-order valence-electron chi connectivity index (χ1n) is 9.30. The molecule has 0 aliphatic rings. The number of amides is 1. The highest BCUT2D eigenvalue weighted by molar-refractivity contribution is 14.0. The Hall–Kier alpha value is -2.37. The van der Waals surface area contributed by atoms with E-state index in [0.717, 1.165) is 17.7 Å². The van der Waals surface area contributed by atoms with E-state index in [4.69, 9.17) is 0 Å². The van der Waals surface area contributed by atoms with E-state index in [0.29, 0.717) is 24.1 Å². The Morgan fingerprint density at radius 3 is 2.26 bits per heavy atom. The van der Waals surface area contributed by atoms with Gasteiger partial charge < -0.3 is 15.5 Å². The molecule has 0 fully saturated rings. The van der Waals surface area contributed by atoms with Crippen LogP contribution in [0.4, 0.5) is 17.6 Å². The summed E-state index contributed by atoms with van der Waals surface area (Å²) < 4.78 is 52.7. The first-order chi connectivity index (χ1) is 14.1. The van der Waals surface area contributed by atoms with E-state index in [1.807, 2.05) is 6.92 Å². The van der Waals surface area contributed by atoms with Crippen molar-refractivity contribution < 1.29 is 22.4 Å². The summed E-state index contributed by atoms with van der Waals surface area (Å²) in [5, 5.41) is 5.80. The van der Waals surface area contributed by atoms with Crippen molar-refractivity contribution in [1.29, 1.82) is 0 Å². The maximum absolute atomic E-state index is 13.2. The molecule has 0 aromatic heterocycles. The van der Waals surface area contributed by atoms with Gasteiger partial charge in [0.25, 0.3) is 5.91 Å². The average molecular weight is 552 g/mol. The minimum Gasteiger partial charge on any atom is -0.357 e. The smallest absolute Gasteiger partial charge is 0.357 e. The van der Waals surface area contributed by atoms with Gasteiger partial charge in [-0.25, -0.2) is 9.38 Å². The third kappa shape index (κ3) is 8.00. The molecule has 0 atom stereocenters. The van der Waals surface area contributed by atoms with Gasteiger partial charge in [-0.1, -0.05) is 18.2 Å². The van der Waals surface area contributed by atoms with Gasteiger partial charge in [0.2, 0.25) is 0 Å². The zero-order chi connectivity index (χ0) is 22.3. The SMILES string of the molecule is CCNC(=NCc1ccc(C(=O)N(C)C)cc1)NCc1ccc(F)cc1C(F)(F)F.I. The molecule has 0 aliphatic heterocycles. The number of hydrogen-bond donors (Lipinski definition) is 2. The normalized spacial score (nSPS) is 11.5. The molecule has 10 heteroatoms. The van der Waals surface area contributed by atoms with Gasteiger partial charge in [-0.3, -0.25) is 4.79 Å². The monoisotopic (exact) mass is 552 g/mol. The molecule has 2 aromatic carbocycles. The molecule has 170 valence electrons. The summed E-state index contributed by atoms with van der Waals surface area (Å²) in [6.07, 6.45) is -4.65. The largest absolute Gasteiger partial charge is 0.416 e. The van der Waals surface area contributed by atoms with Gasteiger partial charge in [0, 0.05) is 32.7 Å². The highest BCUT2D eigenvalue weighted by Crippen LogP contribution is 2.32. The summed E-state index contributed by atoms with van der Waals surface area (Å²) in [6, 6.07) is 9.51. The van der Waals surface area contributed by atoms with Gasteiger partial charge in [-0.15, -0.1) is 24.0 Å². The second-order valence-electron chi connectivity index (χ2n) is 6.74. The van der Waals surface area contributed by atoms with E-state index >= 15 is 0 Å². The molecule has 0 bridgehead atoms.